The van der Waals surface area contributed by atoms with Crippen LogP contribution in [0.5, 0.6) is 0 Å². The van der Waals surface area contributed by atoms with Gasteiger partial charge in [-0.3, -0.25) is 9.89 Å². The van der Waals surface area contributed by atoms with Gasteiger partial charge in [-0.2, -0.15) is 5.10 Å². The molecule has 128 valence electrons. The van der Waals surface area contributed by atoms with Crippen LogP contribution in [0.2, 0.25) is 0 Å². The molecule has 3 heterocycles. The molecule has 8 nitrogen and oxygen atoms in total. The van der Waals surface area contributed by atoms with Crippen LogP contribution in [0.15, 0.2) is 24.7 Å². The third-order valence-electron chi connectivity index (χ3n) is 4.38. The van der Waals surface area contributed by atoms with Crippen molar-refractivity contribution in [3.8, 4) is 0 Å². The molecule has 2 atom stereocenters. The number of aromatic nitrogens is 4. The van der Waals surface area contributed by atoms with Crippen LogP contribution in [0.4, 0.5) is 5.95 Å². The van der Waals surface area contributed by atoms with Crippen molar-refractivity contribution in [2.75, 3.05) is 31.7 Å². The lowest BCUT2D eigenvalue weighted by atomic mass is 9.96. The van der Waals surface area contributed by atoms with Gasteiger partial charge < -0.3 is 15.0 Å². The number of hydrogen-bond donors (Lipinski definition) is 2. The van der Waals surface area contributed by atoms with E-state index in [1.165, 1.54) is 0 Å². The number of ether oxygens (including phenoxy) is 1. The molecule has 2 aromatic heterocycles. The molecule has 0 unspecified atom stereocenters. The first-order chi connectivity index (χ1) is 11.7. The maximum Gasteiger partial charge on any atom is 0.225 e. The van der Waals surface area contributed by atoms with Crippen LogP contribution in [0.1, 0.15) is 11.3 Å². The zero-order chi connectivity index (χ0) is 16.9. The Kier molecular flexibility index (Phi) is 5.05. The number of carbonyl (C=O) groups excluding carboxylic acids is 1. The predicted molar refractivity (Wildman–Crippen MR) is 88.3 cm³/mol. The number of anilines is 1. The molecule has 0 radical (unpaired) electrons. The number of hydrogen-bond acceptors (Lipinski definition) is 6. The van der Waals surface area contributed by atoms with E-state index in [0.717, 1.165) is 11.3 Å². The molecule has 0 bridgehead atoms. The highest BCUT2D eigenvalue weighted by Crippen LogP contribution is 2.26. The predicted octanol–water partition coefficient (Wildman–Crippen LogP) is 0.523. The summed E-state index contributed by atoms with van der Waals surface area (Å²) in [6.07, 6.45) is 5.16. The van der Waals surface area contributed by atoms with E-state index < -0.39 is 0 Å². The number of amides is 1. The van der Waals surface area contributed by atoms with E-state index >= 15 is 0 Å². The van der Waals surface area contributed by atoms with Gasteiger partial charge in [0.15, 0.2) is 0 Å². The van der Waals surface area contributed by atoms with Gasteiger partial charge in [0.05, 0.1) is 18.7 Å². The average molecular weight is 330 g/mol. The molecule has 1 fully saturated rings. The minimum atomic E-state index is -0.152. The SMILES string of the molecule is COC[C@@H]1CN(c2ncccn2)C[C@H]1C(=O)NCc1cn[nH]c1C. The van der Waals surface area contributed by atoms with E-state index in [1.807, 2.05) is 11.8 Å². The van der Waals surface area contributed by atoms with E-state index in [9.17, 15) is 4.79 Å². The fourth-order valence-corrected chi connectivity index (χ4v) is 3.04. The highest BCUT2D eigenvalue weighted by atomic mass is 16.5. The lowest BCUT2D eigenvalue weighted by Gasteiger charge is -2.16. The van der Waals surface area contributed by atoms with E-state index in [0.29, 0.717) is 32.2 Å². The van der Waals surface area contributed by atoms with E-state index in [1.54, 1.807) is 31.8 Å². The summed E-state index contributed by atoms with van der Waals surface area (Å²) < 4.78 is 5.30. The lowest BCUT2D eigenvalue weighted by molar-refractivity contribution is -0.126. The normalized spacial score (nSPS) is 20.3. The van der Waals surface area contributed by atoms with Gasteiger partial charge in [0, 0.05) is 56.3 Å². The second kappa shape index (κ2) is 7.39. The van der Waals surface area contributed by atoms with Gasteiger partial charge in [-0.05, 0) is 13.0 Å². The topological polar surface area (TPSA) is 96.0 Å². The Morgan fingerprint density at radius 2 is 2.21 bits per heavy atom. The Morgan fingerprint density at radius 1 is 1.42 bits per heavy atom. The second-order valence-corrected chi connectivity index (χ2v) is 6.01. The molecule has 1 aliphatic rings. The van der Waals surface area contributed by atoms with Crippen molar-refractivity contribution in [2.24, 2.45) is 11.8 Å². The number of H-pyrrole nitrogens is 1. The zero-order valence-corrected chi connectivity index (χ0v) is 13.9. The standard InChI is InChI=1S/C16H22N6O2/c1-11-12(7-20-21-11)6-19-15(23)14-9-22(8-13(14)10-24-2)16-17-4-3-5-18-16/h3-5,7,13-14H,6,8-10H2,1-2H3,(H,19,23)(H,20,21)/t13-,14+/m0/s1. The van der Waals surface area contributed by atoms with Crippen molar-refractivity contribution >= 4 is 11.9 Å². The van der Waals surface area contributed by atoms with Gasteiger partial charge in [-0.15, -0.1) is 0 Å². The third-order valence-corrected chi connectivity index (χ3v) is 4.38. The van der Waals surface area contributed by atoms with Gasteiger partial charge in [0.25, 0.3) is 0 Å². The highest BCUT2D eigenvalue weighted by molar-refractivity contribution is 5.80. The van der Waals surface area contributed by atoms with E-state index in [-0.39, 0.29) is 17.7 Å². The molecule has 2 N–H and O–H groups in total. The molecule has 0 spiro atoms. The fraction of sp³-hybridized carbons (Fsp3) is 0.500. The minimum Gasteiger partial charge on any atom is -0.384 e. The average Bonchev–Trinajstić information content (AvgIpc) is 3.20. The highest BCUT2D eigenvalue weighted by Gasteiger charge is 2.38. The fourth-order valence-electron chi connectivity index (χ4n) is 3.04. The van der Waals surface area contributed by atoms with Crippen molar-refractivity contribution in [1.82, 2.24) is 25.5 Å². The van der Waals surface area contributed by atoms with Crippen LogP contribution in [-0.4, -0.2) is 52.9 Å². The third kappa shape index (κ3) is 3.53. The van der Waals surface area contributed by atoms with Gasteiger partial charge in [-0.1, -0.05) is 0 Å². The summed E-state index contributed by atoms with van der Waals surface area (Å²) in [5.41, 5.74) is 1.96. The molecule has 1 aliphatic heterocycles. The molecular formula is C16H22N6O2. The van der Waals surface area contributed by atoms with Crippen molar-refractivity contribution < 1.29 is 9.53 Å². The minimum absolute atomic E-state index is 0.0241. The molecule has 3 rings (SSSR count). The Labute approximate surface area is 140 Å². The zero-order valence-electron chi connectivity index (χ0n) is 13.9. The molecule has 0 aliphatic carbocycles. The van der Waals surface area contributed by atoms with Crippen molar-refractivity contribution in [2.45, 2.75) is 13.5 Å². The number of carbonyl (C=O) groups is 1. The molecule has 0 saturated carbocycles. The van der Waals surface area contributed by atoms with Crippen LogP contribution in [0.25, 0.3) is 0 Å². The molecule has 0 aromatic carbocycles. The molecule has 8 heteroatoms. The van der Waals surface area contributed by atoms with Crippen LogP contribution in [0, 0.1) is 18.8 Å². The van der Waals surface area contributed by atoms with Gasteiger partial charge in [-0.25, -0.2) is 9.97 Å². The van der Waals surface area contributed by atoms with Crippen molar-refractivity contribution in [3.05, 3.63) is 35.9 Å². The first-order valence-corrected chi connectivity index (χ1v) is 7.96. The molecular weight excluding hydrogens is 308 g/mol. The van der Waals surface area contributed by atoms with Gasteiger partial charge >= 0.3 is 0 Å². The number of methoxy groups -OCH3 is 1. The number of nitrogens with zero attached hydrogens (tertiary/aromatic N) is 4. The number of aromatic amines is 1. The number of rotatable bonds is 6. The maximum absolute atomic E-state index is 12.6. The van der Waals surface area contributed by atoms with E-state index in [4.69, 9.17) is 4.74 Å². The molecule has 1 amide bonds. The summed E-state index contributed by atoms with van der Waals surface area (Å²) in [6.45, 7) is 4.24. The largest absolute Gasteiger partial charge is 0.384 e. The smallest absolute Gasteiger partial charge is 0.225 e. The molecule has 24 heavy (non-hydrogen) atoms. The van der Waals surface area contributed by atoms with E-state index in [2.05, 4.69) is 25.5 Å². The number of nitrogens with one attached hydrogen (secondary N) is 2. The summed E-state index contributed by atoms with van der Waals surface area (Å²) in [7, 11) is 1.66. The summed E-state index contributed by atoms with van der Waals surface area (Å²) in [5, 5.41) is 9.85. The number of aryl methyl sites for hydroxylation is 1. The quantitative estimate of drug-likeness (QED) is 0.802. The maximum atomic E-state index is 12.6. The second-order valence-electron chi connectivity index (χ2n) is 6.01. The Balaban J connectivity index is 1.65. The Bertz CT molecular complexity index is 674. The summed E-state index contributed by atoms with van der Waals surface area (Å²) >= 11 is 0. The summed E-state index contributed by atoms with van der Waals surface area (Å²) in [4.78, 5) is 23.2. The first-order valence-electron chi connectivity index (χ1n) is 7.96. The van der Waals surface area contributed by atoms with Crippen LogP contribution in [0.3, 0.4) is 0 Å². The molecule has 1 saturated heterocycles. The first kappa shape index (κ1) is 16.4. The van der Waals surface area contributed by atoms with Gasteiger partial charge in [0.2, 0.25) is 11.9 Å². The summed E-state index contributed by atoms with van der Waals surface area (Å²) in [5.74, 6) is 0.640. The lowest BCUT2D eigenvalue weighted by Crippen LogP contribution is -2.36. The van der Waals surface area contributed by atoms with Crippen LogP contribution >= 0.6 is 0 Å². The molecule has 2 aromatic rings. The summed E-state index contributed by atoms with van der Waals surface area (Å²) in [6, 6.07) is 1.78. The van der Waals surface area contributed by atoms with Crippen molar-refractivity contribution in [1.29, 1.82) is 0 Å². The van der Waals surface area contributed by atoms with Crippen LogP contribution in [-0.2, 0) is 16.1 Å². The monoisotopic (exact) mass is 330 g/mol. The van der Waals surface area contributed by atoms with Crippen molar-refractivity contribution in [3.63, 3.8) is 0 Å². The Hall–Kier alpha value is -2.48. The van der Waals surface area contributed by atoms with Crippen LogP contribution < -0.4 is 10.2 Å². The Morgan fingerprint density at radius 3 is 2.88 bits per heavy atom. The van der Waals surface area contributed by atoms with Gasteiger partial charge in [0.1, 0.15) is 0 Å².